The minimum absolute atomic E-state index is 0.0446. The molecule has 142 valence electrons. The molecule has 1 saturated heterocycles. The van der Waals surface area contributed by atoms with Crippen molar-refractivity contribution in [3.63, 3.8) is 0 Å². The van der Waals surface area contributed by atoms with Gasteiger partial charge in [-0.25, -0.2) is 9.78 Å². The zero-order chi connectivity index (χ0) is 19.4. The van der Waals surface area contributed by atoms with Crippen molar-refractivity contribution in [2.24, 2.45) is 11.8 Å². The Hall–Kier alpha value is -3.34. The Morgan fingerprint density at radius 3 is 3.00 bits per heavy atom. The summed E-state index contributed by atoms with van der Waals surface area (Å²) < 4.78 is 5.49. The third-order valence-corrected chi connectivity index (χ3v) is 5.87. The summed E-state index contributed by atoms with van der Waals surface area (Å²) in [5.74, 6) is -0.263. The van der Waals surface area contributed by atoms with Gasteiger partial charge < -0.3 is 15.8 Å². The first-order chi connectivity index (χ1) is 13.5. The second-order valence-corrected chi connectivity index (χ2v) is 7.68. The Kier molecular flexibility index (Phi) is 3.66. The highest BCUT2D eigenvalue weighted by Crippen LogP contribution is 2.40. The number of rotatable bonds is 3. The molecule has 8 nitrogen and oxygen atoms in total. The van der Waals surface area contributed by atoms with Crippen LogP contribution in [-0.4, -0.2) is 29.1 Å². The van der Waals surface area contributed by atoms with Gasteiger partial charge in [-0.15, -0.1) is 0 Å². The molecule has 4 atom stereocenters. The molecule has 8 heteroatoms. The number of amides is 2. The molecule has 0 radical (unpaired) electrons. The number of hydrogen-bond acceptors (Lipinski definition) is 6. The maximum absolute atomic E-state index is 12.4. The molecule has 2 heterocycles. The molecule has 3 N–H and O–H groups in total. The van der Waals surface area contributed by atoms with E-state index in [2.05, 4.69) is 16.4 Å². The number of nitrogens with one attached hydrogen (secondary N) is 1. The molecule has 5 rings (SSSR count). The molecule has 2 amide bonds. The number of nitrogens with zero attached hydrogens (tertiary/aromatic N) is 3. The van der Waals surface area contributed by atoms with E-state index in [0.29, 0.717) is 23.6 Å². The Morgan fingerprint density at radius 2 is 2.21 bits per heavy atom. The van der Waals surface area contributed by atoms with E-state index in [1.54, 1.807) is 23.2 Å². The van der Waals surface area contributed by atoms with Gasteiger partial charge in [0.05, 0.1) is 29.6 Å². The van der Waals surface area contributed by atoms with Crippen molar-refractivity contribution in [2.45, 2.75) is 37.8 Å². The summed E-state index contributed by atoms with van der Waals surface area (Å²) in [6.07, 6.45) is 4.64. The van der Waals surface area contributed by atoms with E-state index in [1.807, 2.05) is 6.07 Å². The van der Waals surface area contributed by atoms with E-state index in [-0.39, 0.29) is 36.0 Å². The van der Waals surface area contributed by atoms with Crippen molar-refractivity contribution < 1.29 is 14.3 Å². The van der Waals surface area contributed by atoms with E-state index in [0.717, 1.165) is 30.0 Å². The highest BCUT2D eigenvalue weighted by Gasteiger charge is 2.45. The van der Waals surface area contributed by atoms with Crippen LogP contribution in [0.2, 0.25) is 0 Å². The lowest BCUT2D eigenvalue weighted by molar-refractivity contribution is -0.117. The van der Waals surface area contributed by atoms with E-state index >= 15 is 0 Å². The summed E-state index contributed by atoms with van der Waals surface area (Å²) in [7, 11) is 0. The molecule has 1 aliphatic heterocycles. The predicted octanol–water partition coefficient (Wildman–Crippen LogP) is 2.79. The fraction of sp³-hybridized carbons (Fsp3) is 0.400. The Bertz CT molecular complexity index is 1050. The number of carbonyl (C=O) groups is 2. The second kappa shape index (κ2) is 6.09. The number of hydrogen-bond donors (Lipinski definition) is 2. The standard InChI is InChI=1S/C20H19N5O3/c21-8-11-5-13(11)19(26)24-18-6-10-4-12(7-15(22)14(10)9-23-18)25-16-2-1-3-17(16)28-20(25)27/h4,6-7,9,11,13,16-17H,1-3,5,22H2,(H,23,24,26)/t11?,13-,16?,17?/m0/s1. The minimum Gasteiger partial charge on any atom is -0.444 e. The largest absolute Gasteiger partial charge is 0.444 e. The van der Waals surface area contributed by atoms with Crippen LogP contribution in [0.4, 0.5) is 22.0 Å². The van der Waals surface area contributed by atoms with Gasteiger partial charge in [0, 0.05) is 17.3 Å². The van der Waals surface area contributed by atoms with Gasteiger partial charge >= 0.3 is 6.09 Å². The van der Waals surface area contributed by atoms with E-state index in [1.165, 1.54) is 0 Å². The van der Waals surface area contributed by atoms with Crippen LogP contribution in [0.3, 0.4) is 0 Å². The normalized spacial score (nSPS) is 28.0. The van der Waals surface area contributed by atoms with Crippen LogP contribution in [0.15, 0.2) is 24.4 Å². The van der Waals surface area contributed by atoms with Crippen molar-refractivity contribution in [3.8, 4) is 6.07 Å². The fourth-order valence-corrected chi connectivity index (χ4v) is 4.28. The molecule has 0 bridgehead atoms. The average Bonchev–Trinajstić information content (AvgIpc) is 3.23. The topological polar surface area (TPSA) is 121 Å². The number of ether oxygens (including phenoxy) is 1. The molecule has 2 aromatic rings. The highest BCUT2D eigenvalue weighted by molar-refractivity contribution is 6.02. The van der Waals surface area contributed by atoms with Gasteiger partial charge in [-0.05, 0) is 49.3 Å². The molecular weight excluding hydrogens is 358 g/mol. The molecule has 0 spiro atoms. The third kappa shape index (κ3) is 2.62. The first-order valence-corrected chi connectivity index (χ1v) is 9.45. The van der Waals surface area contributed by atoms with E-state index < -0.39 is 0 Å². The molecule has 2 saturated carbocycles. The Morgan fingerprint density at radius 1 is 1.36 bits per heavy atom. The fourth-order valence-electron chi connectivity index (χ4n) is 4.28. The summed E-state index contributed by atoms with van der Waals surface area (Å²) in [5.41, 5.74) is 7.42. The smallest absolute Gasteiger partial charge is 0.415 e. The molecule has 2 aliphatic carbocycles. The molecule has 3 fully saturated rings. The van der Waals surface area contributed by atoms with Gasteiger partial charge in [-0.2, -0.15) is 5.26 Å². The van der Waals surface area contributed by atoms with Gasteiger partial charge in [0.1, 0.15) is 11.9 Å². The number of carbonyl (C=O) groups excluding carboxylic acids is 2. The number of pyridine rings is 1. The van der Waals surface area contributed by atoms with Crippen LogP contribution >= 0.6 is 0 Å². The van der Waals surface area contributed by atoms with Crippen LogP contribution in [0.25, 0.3) is 10.8 Å². The van der Waals surface area contributed by atoms with E-state index in [4.69, 9.17) is 15.7 Å². The maximum Gasteiger partial charge on any atom is 0.415 e. The summed E-state index contributed by atoms with van der Waals surface area (Å²) >= 11 is 0. The Balaban J connectivity index is 1.46. The summed E-state index contributed by atoms with van der Waals surface area (Å²) in [6.45, 7) is 0. The average molecular weight is 377 g/mol. The lowest BCUT2D eigenvalue weighted by Gasteiger charge is -2.21. The molecule has 1 aromatic carbocycles. The van der Waals surface area contributed by atoms with Gasteiger partial charge in [0.2, 0.25) is 5.91 Å². The number of fused-ring (bicyclic) bond motifs is 2. The van der Waals surface area contributed by atoms with Gasteiger partial charge in [-0.1, -0.05) is 0 Å². The zero-order valence-corrected chi connectivity index (χ0v) is 15.1. The molecule has 28 heavy (non-hydrogen) atoms. The Labute approximate surface area is 161 Å². The highest BCUT2D eigenvalue weighted by atomic mass is 16.6. The summed E-state index contributed by atoms with van der Waals surface area (Å²) in [4.78, 5) is 30.5. The molecular formula is C20H19N5O3. The van der Waals surface area contributed by atoms with Crippen molar-refractivity contribution in [3.05, 3.63) is 24.4 Å². The van der Waals surface area contributed by atoms with Crippen LogP contribution in [0, 0.1) is 23.2 Å². The number of nitrogens with two attached hydrogens (primary N) is 1. The van der Waals surface area contributed by atoms with Crippen molar-refractivity contribution >= 4 is 40.0 Å². The number of benzene rings is 1. The van der Waals surface area contributed by atoms with Crippen LogP contribution in [0.5, 0.6) is 0 Å². The lowest BCUT2D eigenvalue weighted by Crippen LogP contribution is -2.33. The predicted molar refractivity (Wildman–Crippen MR) is 102 cm³/mol. The maximum atomic E-state index is 12.4. The number of aromatic nitrogens is 1. The minimum atomic E-state index is -0.340. The van der Waals surface area contributed by atoms with Crippen LogP contribution in [0.1, 0.15) is 25.7 Å². The first-order valence-electron chi connectivity index (χ1n) is 9.45. The number of nitriles is 1. The van der Waals surface area contributed by atoms with Crippen molar-refractivity contribution in [1.82, 2.24) is 4.98 Å². The summed E-state index contributed by atoms with van der Waals surface area (Å²) in [5, 5.41) is 13.2. The van der Waals surface area contributed by atoms with Crippen LogP contribution < -0.4 is 16.0 Å². The number of anilines is 3. The SMILES string of the molecule is N#CC1C[C@@H]1C(=O)Nc1cc2cc(N3C(=O)OC4CCCC43)cc(N)c2cn1. The monoisotopic (exact) mass is 377 g/mol. The van der Waals surface area contributed by atoms with Crippen molar-refractivity contribution in [1.29, 1.82) is 5.26 Å². The van der Waals surface area contributed by atoms with Gasteiger partial charge in [-0.3, -0.25) is 9.69 Å². The second-order valence-electron chi connectivity index (χ2n) is 7.68. The number of nitrogen functional groups attached to an aromatic ring is 1. The first kappa shape index (κ1) is 16.8. The summed E-state index contributed by atoms with van der Waals surface area (Å²) in [6, 6.07) is 7.54. The zero-order valence-electron chi connectivity index (χ0n) is 15.1. The van der Waals surface area contributed by atoms with Gasteiger partial charge in [0.25, 0.3) is 0 Å². The molecule has 3 unspecified atom stereocenters. The quantitative estimate of drug-likeness (QED) is 0.793. The van der Waals surface area contributed by atoms with Gasteiger partial charge in [0.15, 0.2) is 0 Å². The van der Waals surface area contributed by atoms with Crippen LogP contribution in [-0.2, 0) is 9.53 Å². The van der Waals surface area contributed by atoms with Crippen molar-refractivity contribution in [2.75, 3.05) is 16.0 Å². The lowest BCUT2D eigenvalue weighted by atomic mass is 10.1. The third-order valence-electron chi connectivity index (χ3n) is 5.87. The molecule has 1 aromatic heterocycles. The van der Waals surface area contributed by atoms with E-state index in [9.17, 15) is 9.59 Å². The molecule has 3 aliphatic rings.